The highest BCUT2D eigenvalue weighted by Crippen LogP contribution is 2.51. The molecule has 0 saturated carbocycles. The van der Waals surface area contributed by atoms with Gasteiger partial charge in [0, 0.05) is 5.41 Å². The fourth-order valence-corrected chi connectivity index (χ4v) is 14.0. The Morgan fingerprint density at radius 3 is 0.468 bits per heavy atom. The van der Waals surface area contributed by atoms with E-state index in [1.165, 1.54) is 428 Å². The minimum atomic E-state index is 0.296. The standard InChI is InChI=1S/C76H156N/c1-9-13-17-21-25-29-33-37-41-44-48-52-56-60-64-68-72-76(71-67-63-59-55-51-47-40-36-32-28-24-20-16-12-4,73-69-65-61-57-53-49-45-42-38-34-30-26-22-18-14-10-2)75(5,6)77(7,8)74-70-66-62-58-54-50-46-43-39-35-31-27-23-19-15-11-3/h9-74H2,1-8H3/q+1. The van der Waals surface area contributed by atoms with E-state index in [0.29, 0.717) is 11.0 Å². The number of unbranched alkanes of at least 4 members (excludes halogenated alkanes) is 58. The zero-order valence-corrected chi connectivity index (χ0v) is 56.1. The molecule has 0 heterocycles. The molecule has 0 fully saturated rings. The Morgan fingerprint density at radius 2 is 0.312 bits per heavy atom. The van der Waals surface area contributed by atoms with Crippen molar-refractivity contribution >= 4 is 0 Å². The third kappa shape index (κ3) is 49.1. The van der Waals surface area contributed by atoms with Crippen LogP contribution < -0.4 is 0 Å². The molecule has 0 N–H and O–H groups in total. The van der Waals surface area contributed by atoms with Gasteiger partial charge in [-0.25, -0.2) is 0 Å². The van der Waals surface area contributed by atoms with Crippen LogP contribution in [0.3, 0.4) is 0 Å². The molecule has 0 rings (SSSR count). The van der Waals surface area contributed by atoms with Crippen LogP contribution in [0.5, 0.6) is 0 Å². The quantitative estimate of drug-likeness (QED) is 0.0421. The van der Waals surface area contributed by atoms with Gasteiger partial charge in [-0.1, -0.05) is 413 Å². The van der Waals surface area contributed by atoms with E-state index in [0.717, 1.165) is 0 Å². The lowest BCUT2D eigenvalue weighted by molar-refractivity contribution is -0.947. The van der Waals surface area contributed by atoms with E-state index in [1.807, 2.05) is 0 Å². The second-order valence-electron chi connectivity index (χ2n) is 28.0. The first-order valence-corrected chi connectivity index (χ1v) is 37.6. The third-order valence-corrected chi connectivity index (χ3v) is 20.4. The molecule has 0 aromatic carbocycles. The molecule has 0 aromatic heterocycles. The Balaban J connectivity index is 5.44. The molecule has 464 valence electrons. The molecule has 0 atom stereocenters. The van der Waals surface area contributed by atoms with Gasteiger partial charge in [-0.15, -0.1) is 0 Å². The van der Waals surface area contributed by atoms with Crippen LogP contribution in [0.25, 0.3) is 0 Å². The van der Waals surface area contributed by atoms with Gasteiger partial charge in [0.05, 0.1) is 26.2 Å². The SMILES string of the molecule is CCCCCCCCCCCCCCCCCCC(CCCCCCCCCCCCCCCC)(CCCCCCCCCCCCCCCCCC)C(C)(C)[N+](C)(C)CCCCCCCCCCCCCCCCCC. The molecule has 0 unspecified atom stereocenters. The molecule has 0 bridgehead atoms. The molecule has 0 spiro atoms. The molecule has 0 aliphatic carbocycles. The summed E-state index contributed by atoms with van der Waals surface area (Å²) >= 11 is 0. The third-order valence-electron chi connectivity index (χ3n) is 20.4. The predicted octanol–water partition coefficient (Wildman–Crippen LogP) is 28.3. The minimum absolute atomic E-state index is 0.296. The maximum absolute atomic E-state index is 2.79. The van der Waals surface area contributed by atoms with Gasteiger partial charge in [0.15, 0.2) is 0 Å². The lowest BCUT2D eigenvalue weighted by Crippen LogP contribution is -2.65. The van der Waals surface area contributed by atoms with Crippen LogP contribution in [0.4, 0.5) is 0 Å². The van der Waals surface area contributed by atoms with Crippen LogP contribution >= 0.6 is 0 Å². The van der Waals surface area contributed by atoms with Gasteiger partial charge in [-0.05, 0) is 46.0 Å². The van der Waals surface area contributed by atoms with E-state index >= 15 is 0 Å². The van der Waals surface area contributed by atoms with Crippen molar-refractivity contribution in [2.45, 2.75) is 464 Å². The van der Waals surface area contributed by atoms with E-state index in [2.05, 4.69) is 55.6 Å². The second-order valence-corrected chi connectivity index (χ2v) is 28.0. The average Bonchev–Trinajstić information content (AvgIpc) is 3.43. The van der Waals surface area contributed by atoms with Crippen LogP contribution in [0.15, 0.2) is 0 Å². The summed E-state index contributed by atoms with van der Waals surface area (Å²) in [6.45, 7) is 16.3. The topological polar surface area (TPSA) is 0 Å². The van der Waals surface area contributed by atoms with Crippen molar-refractivity contribution in [2.75, 3.05) is 20.6 Å². The van der Waals surface area contributed by atoms with Crippen molar-refractivity contribution in [1.29, 1.82) is 0 Å². The molecular formula is C76H156N+. The summed E-state index contributed by atoms with van der Waals surface area (Å²) < 4.78 is 1.22. The summed E-state index contributed by atoms with van der Waals surface area (Å²) in [5, 5.41) is 0. The fraction of sp³-hybridized carbons (Fsp3) is 1.00. The van der Waals surface area contributed by atoms with Gasteiger partial charge in [-0.3, -0.25) is 0 Å². The van der Waals surface area contributed by atoms with Crippen LogP contribution in [-0.2, 0) is 0 Å². The first-order chi connectivity index (χ1) is 37.7. The Bertz CT molecular complexity index is 1040. The highest BCUT2D eigenvalue weighted by Gasteiger charge is 2.53. The molecule has 0 radical (unpaired) electrons. The number of hydrogen-bond donors (Lipinski definition) is 0. The summed E-state index contributed by atoms with van der Waals surface area (Å²) in [6.07, 6.45) is 95.4. The summed E-state index contributed by atoms with van der Waals surface area (Å²) in [5.41, 5.74) is 0.749. The highest BCUT2D eigenvalue weighted by molar-refractivity contribution is 4.95. The van der Waals surface area contributed by atoms with Crippen LogP contribution in [-0.4, -0.2) is 30.7 Å². The van der Waals surface area contributed by atoms with Gasteiger partial charge in [-0.2, -0.15) is 0 Å². The van der Waals surface area contributed by atoms with E-state index in [-0.39, 0.29) is 0 Å². The number of rotatable bonds is 68. The van der Waals surface area contributed by atoms with Crippen LogP contribution in [0, 0.1) is 5.41 Å². The molecule has 1 heteroatoms. The van der Waals surface area contributed by atoms with Crippen molar-refractivity contribution in [2.24, 2.45) is 5.41 Å². The van der Waals surface area contributed by atoms with Crippen molar-refractivity contribution in [3.05, 3.63) is 0 Å². The zero-order valence-electron chi connectivity index (χ0n) is 56.1. The van der Waals surface area contributed by atoms with Gasteiger partial charge >= 0.3 is 0 Å². The van der Waals surface area contributed by atoms with Crippen LogP contribution in [0.1, 0.15) is 459 Å². The Labute approximate surface area is 492 Å². The van der Waals surface area contributed by atoms with E-state index < -0.39 is 0 Å². The minimum Gasteiger partial charge on any atom is -0.324 e. The van der Waals surface area contributed by atoms with E-state index in [4.69, 9.17) is 0 Å². The maximum atomic E-state index is 2.79. The lowest BCUT2D eigenvalue weighted by Gasteiger charge is -2.56. The van der Waals surface area contributed by atoms with Gasteiger partial charge < -0.3 is 4.48 Å². The molecule has 0 saturated heterocycles. The normalized spacial score (nSPS) is 12.5. The maximum Gasteiger partial charge on any atom is 0.0988 e. The molecule has 0 aliphatic heterocycles. The van der Waals surface area contributed by atoms with E-state index in [1.54, 1.807) is 0 Å². The Morgan fingerprint density at radius 1 is 0.182 bits per heavy atom. The largest absolute Gasteiger partial charge is 0.324 e. The fourth-order valence-electron chi connectivity index (χ4n) is 14.0. The summed E-state index contributed by atoms with van der Waals surface area (Å²) in [4.78, 5) is 0. The van der Waals surface area contributed by atoms with Crippen molar-refractivity contribution in [1.82, 2.24) is 0 Å². The molecule has 0 aromatic rings. The Kier molecular flexibility index (Phi) is 60.5. The molecule has 77 heavy (non-hydrogen) atoms. The van der Waals surface area contributed by atoms with Crippen molar-refractivity contribution in [3.63, 3.8) is 0 Å². The number of nitrogens with zero attached hydrogens (tertiary/aromatic N) is 1. The Hall–Kier alpha value is -0.0400. The zero-order chi connectivity index (χ0) is 56.2. The molecule has 0 amide bonds. The summed E-state index contributed by atoms with van der Waals surface area (Å²) in [6, 6.07) is 0. The predicted molar refractivity (Wildman–Crippen MR) is 356 cm³/mol. The monoisotopic (exact) mass is 1080 g/mol. The summed E-state index contributed by atoms with van der Waals surface area (Å²) in [5.74, 6) is 0. The van der Waals surface area contributed by atoms with Crippen molar-refractivity contribution < 1.29 is 4.48 Å². The molecule has 0 aliphatic rings. The summed E-state index contributed by atoms with van der Waals surface area (Å²) in [7, 11) is 5.37. The highest BCUT2D eigenvalue weighted by atomic mass is 15.4. The first-order valence-electron chi connectivity index (χ1n) is 37.6. The number of hydrogen-bond acceptors (Lipinski definition) is 0. The second kappa shape index (κ2) is 60.5. The number of quaternary nitrogens is 1. The molecule has 1 nitrogen and oxygen atoms in total. The van der Waals surface area contributed by atoms with E-state index in [9.17, 15) is 0 Å². The first kappa shape index (κ1) is 77.0. The molecular weight excluding hydrogens is 927 g/mol. The van der Waals surface area contributed by atoms with Crippen molar-refractivity contribution in [3.8, 4) is 0 Å². The average molecular weight is 1080 g/mol. The van der Waals surface area contributed by atoms with Crippen LogP contribution in [0.2, 0.25) is 0 Å². The van der Waals surface area contributed by atoms with Gasteiger partial charge in [0.25, 0.3) is 0 Å². The lowest BCUT2D eigenvalue weighted by atomic mass is 9.61. The van der Waals surface area contributed by atoms with Gasteiger partial charge in [0.2, 0.25) is 0 Å². The van der Waals surface area contributed by atoms with Gasteiger partial charge in [0.1, 0.15) is 0 Å². The smallest absolute Gasteiger partial charge is 0.0988 e.